The number of benzene rings is 4. The molecule has 1 fully saturated rings. The van der Waals surface area contributed by atoms with Crippen molar-refractivity contribution in [2.45, 2.75) is 78.4 Å². The van der Waals surface area contributed by atoms with Gasteiger partial charge in [0, 0.05) is 47.1 Å². The standard InChI is InChI=1S/C18H28BNO4.C15H13N3O.C8H5BrN2O.ClH.H2/c1-16(2,3)22-15(21)20-12-13-8-10-14(11-9-13)19-23-17(4,5)18(6,7)24-19;16-10-11-6-8-13(9-7-11)15-18-17-14(19-15)12-4-2-1-3-5-12;9-8-11-10-7(12-8)6-4-2-1-3-5-6;;/h8-11H,12H2,1-7H3,(H,20,21);1-9H,10,16H2;1-5H;2*1H. The summed E-state index contributed by atoms with van der Waals surface area (Å²) in [6, 6.07) is 35.0. The molecular formula is C41H49BBrClN6O6. The van der Waals surface area contributed by atoms with E-state index in [2.05, 4.69) is 41.6 Å². The van der Waals surface area contributed by atoms with E-state index >= 15 is 0 Å². The lowest BCUT2D eigenvalue weighted by atomic mass is 9.79. The average molecular weight is 848 g/mol. The van der Waals surface area contributed by atoms with Crippen molar-refractivity contribution in [1.82, 2.24) is 25.7 Å². The monoisotopic (exact) mass is 846 g/mol. The molecule has 12 nitrogen and oxygen atoms in total. The first kappa shape index (κ1) is 43.9. The SMILES string of the molecule is Brc1nnc(-c2ccccc2)o1.CC(C)(C)OC(=O)NCc1ccc(B2OC(C)(C)C(C)(C)O2)cc1.Cl.NCc1ccc(-c2nnc(-c3ccccc3)o2)cc1.[HH]. The third-order valence-corrected chi connectivity index (χ3v) is 8.96. The Morgan fingerprint density at radius 1 is 0.714 bits per heavy atom. The number of carbonyl (C=O) groups is 1. The summed E-state index contributed by atoms with van der Waals surface area (Å²) in [5.41, 5.74) is 10.1. The Hall–Kier alpha value is -4.86. The van der Waals surface area contributed by atoms with Crippen molar-refractivity contribution in [2.75, 3.05) is 0 Å². The van der Waals surface area contributed by atoms with Crippen LogP contribution < -0.4 is 16.5 Å². The normalized spacial score (nSPS) is 14.0. The zero-order valence-electron chi connectivity index (χ0n) is 32.5. The van der Waals surface area contributed by atoms with Crippen molar-refractivity contribution in [2.24, 2.45) is 5.73 Å². The van der Waals surface area contributed by atoms with Crippen LogP contribution in [0.3, 0.4) is 0 Å². The van der Waals surface area contributed by atoms with Gasteiger partial charge in [0.05, 0.1) is 11.2 Å². The minimum absolute atomic E-state index is 0. The number of carbonyl (C=O) groups excluding carboxylic acids is 1. The van der Waals surface area contributed by atoms with Crippen molar-refractivity contribution < 1.29 is 29.1 Å². The van der Waals surface area contributed by atoms with Gasteiger partial charge >= 0.3 is 13.2 Å². The van der Waals surface area contributed by atoms with E-state index in [1.165, 1.54) is 0 Å². The van der Waals surface area contributed by atoms with E-state index in [0.717, 1.165) is 33.3 Å². The number of alkyl carbamates (subject to hydrolysis) is 1. The highest BCUT2D eigenvalue weighted by atomic mass is 79.9. The number of aromatic nitrogens is 4. The maximum atomic E-state index is 11.7. The van der Waals surface area contributed by atoms with Crippen LogP contribution in [0.25, 0.3) is 34.4 Å². The molecule has 2 aromatic heterocycles. The third-order valence-electron chi connectivity index (χ3n) is 8.64. The molecule has 3 heterocycles. The molecule has 0 bridgehead atoms. The molecule has 4 aromatic carbocycles. The maximum absolute atomic E-state index is 11.7. The van der Waals surface area contributed by atoms with Gasteiger partial charge in [-0.1, -0.05) is 72.8 Å². The van der Waals surface area contributed by atoms with Crippen molar-refractivity contribution >= 4 is 47.0 Å². The molecule has 0 spiro atoms. The van der Waals surface area contributed by atoms with Gasteiger partial charge in [0.15, 0.2) is 0 Å². The lowest BCUT2D eigenvalue weighted by Gasteiger charge is -2.32. The highest BCUT2D eigenvalue weighted by Gasteiger charge is 2.51. The molecule has 0 saturated carbocycles. The lowest BCUT2D eigenvalue weighted by molar-refractivity contribution is 0.00578. The molecule has 56 heavy (non-hydrogen) atoms. The van der Waals surface area contributed by atoms with Crippen LogP contribution in [0.2, 0.25) is 0 Å². The highest BCUT2D eigenvalue weighted by molar-refractivity contribution is 9.10. The number of hydrogen-bond acceptors (Lipinski definition) is 11. The number of halogens is 2. The minimum Gasteiger partial charge on any atom is -0.444 e. The Morgan fingerprint density at radius 3 is 1.61 bits per heavy atom. The lowest BCUT2D eigenvalue weighted by Crippen LogP contribution is -2.41. The predicted octanol–water partition coefficient (Wildman–Crippen LogP) is 9.04. The second-order valence-electron chi connectivity index (χ2n) is 14.6. The number of hydrogen-bond donors (Lipinski definition) is 2. The maximum Gasteiger partial charge on any atom is 0.494 e. The average Bonchev–Trinajstić information content (AvgIpc) is 3.89. The number of ether oxygens (including phenoxy) is 1. The zero-order chi connectivity index (χ0) is 39.6. The van der Waals surface area contributed by atoms with Gasteiger partial charge in [-0.25, -0.2) is 4.79 Å². The summed E-state index contributed by atoms with van der Waals surface area (Å²) in [7, 11) is -0.372. The Bertz CT molecular complexity index is 2100. The number of rotatable bonds is 7. The molecule has 0 aliphatic carbocycles. The van der Waals surface area contributed by atoms with Gasteiger partial charge in [-0.2, -0.15) is 0 Å². The largest absolute Gasteiger partial charge is 0.494 e. The van der Waals surface area contributed by atoms with E-state index in [1.807, 2.05) is 158 Å². The molecule has 0 radical (unpaired) electrons. The first-order chi connectivity index (χ1) is 26.1. The van der Waals surface area contributed by atoms with Crippen molar-refractivity contribution in [3.8, 4) is 34.4 Å². The smallest absolute Gasteiger partial charge is 0.444 e. The Kier molecular flexibility index (Phi) is 15.1. The van der Waals surface area contributed by atoms with Gasteiger partial charge < -0.3 is 33.9 Å². The van der Waals surface area contributed by atoms with Crippen LogP contribution in [0.1, 0.15) is 61.0 Å². The van der Waals surface area contributed by atoms with Crippen LogP contribution in [-0.2, 0) is 27.1 Å². The number of nitrogens with zero attached hydrogens (tertiary/aromatic N) is 4. The Morgan fingerprint density at radius 2 is 1.16 bits per heavy atom. The number of amides is 1. The zero-order valence-corrected chi connectivity index (χ0v) is 34.9. The minimum atomic E-state index is -0.495. The van der Waals surface area contributed by atoms with E-state index < -0.39 is 11.7 Å². The molecule has 15 heteroatoms. The van der Waals surface area contributed by atoms with Crippen molar-refractivity contribution in [3.63, 3.8) is 0 Å². The van der Waals surface area contributed by atoms with Crippen LogP contribution in [0.4, 0.5) is 4.79 Å². The molecule has 1 amide bonds. The van der Waals surface area contributed by atoms with Gasteiger partial charge in [-0.05, 0) is 101 Å². The summed E-state index contributed by atoms with van der Waals surface area (Å²) in [4.78, 5) is 12.1. The van der Waals surface area contributed by atoms with Crippen molar-refractivity contribution in [3.05, 3.63) is 125 Å². The summed E-state index contributed by atoms with van der Waals surface area (Å²) in [6.45, 7) is 14.6. The van der Waals surface area contributed by atoms with Crippen LogP contribution >= 0.6 is 28.3 Å². The summed E-state index contributed by atoms with van der Waals surface area (Å²) in [5, 5.41) is 18.4. The van der Waals surface area contributed by atoms with Gasteiger partial charge in [0.2, 0.25) is 17.7 Å². The van der Waals surface area contributed by atoms with Crippen LogP contribution in [0, 0.1) is 0 Å². The molecule has 0 unspecified atom stereocenters. The predicted molar refractivity (Wildman–Crippen MR) is 225 cm³/mol. The summed E-state index contributed by atoms with van der Waals surface area (Å²) in [5.74, 6) is 1.57. The van der Waals surface area contributed by atoms with E-state index in [-0.39, 0.29) is 32.2 Å². The first-order valence-electron chi connectivity index (χ1n) is 17.8. The van der Waals surface area contributed by atoms with E-state index in [1.54, 1.807) is 0 Å². The fourth-order valence-electron chi connectivity index (χ4n) is 4.98. The van der Waals surface area contributed by atoms with Crippen LogP contribution in [-0.4, -0.2) is 50.4 Å². The fraction of sp³-hybridized carbons (Fsp3) is 0.293. The first-order valence-corrected chi connectivity index (χ1v) is 18.6. The molecule has 1 aliphatic rings. The van der Waals surface area contributed by atoms with Gasteiger partial charge in [-0.3, -0.25) is 0 Å². The molecule has 1 saturated heterocycles. The molecule has 6 aromatic rings. The number of nitrogens with one attached hydrogen (secondary N) is 1. The molecule has 1 aliphatic heterocycles. The second-order valence-corrected chi connectivity index (χ2v) is 15.3. The highest BCUT2D eigenvalue weighted by Crippen LogP contribution is 2.36. The number of nitrogens with two attached hydrogens (primary N) is 1. The van der Waals surface area contributed by atoms with Gasteiger partial charge in [0.25, 0.3) is 4.80 Å². The Balaban J connectivity index is 0.000000236. The summed E-state index contributed by atoms with van der Waals surface area (Å²) >= 11 is 3.09. The molecule has 296 valence electrons. The molecule has 7 rings (SSSR count). The van der Waals surface area contributed by atoms with Gasteiger partial charge in [0.1, 0.15) is 5.60 Å². The van der Waals surface area contributed by atoms with E-state index in [0.29, 0.717) is 35.6 Å². The van der Waals surface area contributed by atoms with E-state index in [9.17, 15) is 4.79 Å². The summed E-state index contributed by atoms with van der Waals surface area (Å²) in [6.07, 6.45) is -0.419. The fourth-order valence-corrected chi connectivity index (χ4v) is 5.22. The van der Waals surface area contributed by atoms with Crippen LogP contribution in [0.5, 0.6) is 0 Å². The van der Waals surface area contributed by atoms with E-state index in [4.69, 9.17) is 28.6 Å². The molecule has 0 atom stereocenters. The van der Waals surface area contributed by atoms with Crippen molar-refractivity contribution in [1.29, 1.82) is 0 Å². The Labute approximate surface area is 344 Å². The van der Waals surface area contributed by atoms with Gasteiger partial charge in [-0.15, -0.1) is 32.8 Å². The molecular weight excluding hydrogens is 799 g/mol. The second kappa shape index (κ2) is 19.3. The summed E-state index contributed by atoms with van der Waals surface area (Å²) < 4.78 is 28.1. The topological polar surface area (TPSA) is 161 Å². The molecule has 3 N–H and O–H groups in total. The van der Waals surface area contributed by atoms with Crippen LogP contribution in [0.15, 0.2) is 123 Å². The third kappa shape index (κ3) is 12.3. The quantitative estimate of drug-likeness (QED) is 0.148.